The minimum Gasteiger partial charge on any atom is -0.476 e. The zero-order valence-electron chi connectivity index (χ0n) is 15.6. The van der Waals surface area contributed by atoms with Gasteiger partial charge in [0.1, 0.15) is 5.69 Å². The first-order chi connectivity index (χ1) is 12.7. The van der Waals surface area contributed by atoms with E-state index in [0.29, 0.717) is 5.69 Å². The van der Waals surface area contributed by atoms with Crippen LogP contribution in [0.5, 0.6) is 0 Å². The fraction of sp³-hybridized carbons (Fsp3) is 0.250. The lowest BCUT2D eigenvalue weighted by molar-refractivity contribution is 0.0691. The molecule has 0 spiro atoms. The quantitative estimate of drug-likeness (QED) is 0.711. The summed E-state index contributed by atoms with van der Waals surface area (Å²) in [5.74, 6) is -1.65. The first kappa shape index (κ1) is 18.6. The molecule has 3 rings (SSSR count). The SMILES string of the molecule is Cc1ccccc1-n1nc(C(C)(C)C)c(F)c1Nc1cccnc1C(=O)O. The van der Waals surface area contributed by atoms with Gasteiger partial charge < -0.3 is 10.4 Å². The number of halogens is 1. The Labute approximate surface area is 156 Å². The second-order valence-corrected chi connectivity index (χ2v) is 7.29. The van der Waals surface area contributed by atoms with E-state index in [1.165, 1.54) is 10.9 Å². The number of carboxylic acid groups (broad SMARTS) is 1. The zero-order chi connectivity index (χ0) is 19.8. The summed E-state index contributed by atoms with van der Waals surface area (Å²) in [4.78, 5) is 15.3. The maximum atomic E-state index is 15.3. The van der Waals surface area contributed by atoms with Gasteiger partial charge in [-0.2, -0.15) is 5.10 Å². The first-order valence-corrected chi connectivity index (χ1v) is 8.50. The van der Waals surface area contributed by atoms with Crippen molar-refractivity contribution in [3.63, 3.8) is 0 Å². The van der Waals surface area contributed by atoms with E-state index in [4.69, 9.17) is 0 Å². The molecular formula is C20H21FN4O2. The summed E-state index contributed by atoms with van der Waals surface area (Å²) < 4.78 is 16.8. The van der Waals surface area contributed by atoms with E-state index in [9.17, 15) is 9.90 Å². The van der Waals surface area contributed by atoms with Gasteiger partial charge in [-0.25, -0.2) is 18.9 Å². The molecule has 0 fully saturated rings. The number of carboxylic acids is 1. The molecule has 2 heterocycles. The number of hydrogen-bond donors (Lipinski definition) is 2. The Hall–Kier alpha value is -3.22. The lowest BCUT2D eigenvalue weighted by atomic mass is 9.92. The highest BCUT2D eigenvalue weighted by atomic mass is 19.1. The molecule has 0 saturated carbocycles. The third-order valence-corrected chi connectivity index (χ3v) is 4.15. The van der Waals surface area contributed by atoms with Gasteiger partial charge in [0, 0.05) is 11.6 Å². The number of anilines is 2. The van der Waals surface area contributed by atoms with Gasteiger partial charge >= 0.3 is 5.97 Å². The number of pyridine rings is 1. The van der Waals surface area contributed by atoms with Crippen molar-refractivity contribution in [2.45, 2.75) is 33.1 Å². The first-order valence-electron chi connectivity index (χ1n) is 8.50. The van der Waals surface area contributed by atoms with Crippen molar-refractivity contribution < 1.29 is 14.3 Å². The van der Waals surface area contributed by atoms with Crippen molar-refractivity contribution in [2.75, 3.05) is 5.32 Å². The third-order valence-electron chi connectivity index (χ3n) is 4.15. The van der Waals surface area contributed by atoms with Crippen LogP contribution in [0.1, 0.15) is 42.5 Å². The number of benzene rings is 1. The van der Waals surface area contributed by atoms with Gasteiger partial charge in [0.25, 0.3) is 0 Å². The minimum atomic E-state index is -1.20. The minimum absolute atomic E-state index is 0.0738. The number of rotatable bonds is 4. The van der Waals surface area contributed by atoms with Crippen LogP contribution in [-0.4, -0.2) is 25.8 Å². The van der Waals surface area contributed by atoms with Crippen molar-refractivity contribution in [3.8, 4) is 5.69 Å². The van der Waals surface area contributed by atoms with Crippen LogP contribution in [0.3, 0.4) is 0 Å². The highest BCUT2D eigenvalue weighted by Gasteiger charge is 2.29. The van der Waals surface area contributed by atoms with Gasteiger partial charge in [0.05, 0.1) is 11.4 Å². The molecule has 27 heavy (non-hydrogen) atoms. The zero-order valence-corrected chi connectivity index (χ0v) is 15.6. The summed E-state index contributed by atoms with van der Waals surface area (Å²) in [5, 5.41) is 16.7. The van der Waals surface area contributed by atoms with Gasteiger partial charge in [-0.05, 0) is 30.7 Å². The molecule has 0 atom stereocenters. The van der Waals surface area contributed by atoms with Gasteiger partial charge in [0.15, 0.2) is 17.3 Å². The van der Waals surface area contributed by atoms with E-state index in [-0.39, 0.29) is 22.9 Å². The predicted molar refractivity (Wildman–Crippen MR) is 101 cm³/mol. The van der Waals surface area contributed by atoms with E-state index >= 15 is 4.39 Å². The normalized spacial score (nSPS) is 11.4. The largest absolute Gasteiger partial charge is 0.476 e. The monoisotopic (exact) mass is 368 g/mol. The van der Waals surface area contributed by atoms with Crippen molar-refractivity contribution in [3.05, 3.63) is 65.4 Å². The number of hydrogen-bond acceptors (Lipinski definition) is 4. The van der Waals surface area contributed by atoms with Crippen LogP contribution in [-0.2, 0) is 5.41 Å². The van der Waals surface area contributed by atoms with Crippen molar-refractivity contribution >= 4 is 17.5 Å². The van der Waals surface area contributed by atoms with Crippen LogP contribution in [0.2, 0.25) is 0 Å². The summed E-state index contributed by atoms with van der Waals surface area (Å²) in [6.07, 6.45) is 1.38. The number of carbonyl (C=O) groups is 1. The molecule has 3 aromatic rings. The predicted octanol–water partition coefficient (Wildman–Crippen LogP) is 4.45. The van der Waals surface area contributed by atoms with E-state index in [0.717, 1.165) is 5.56 Å². The highest BCUT2D eigenvalue weighted by molar-refractivity contribution is 5.92. The maximum Gasteiger partial charge on any atom is 0.356 e. The molecule has 2 N–H and O–H groups in total. The molecule has 0 bridgehead atoms. The van der Waals surface area contributed by atoms with E-state index in [2.05, 4.69) is 15.4 Å². The number of aromatic nitrogens is 3. The molecule has 0 aliphatic heterocycles. The Morgan fingerprint density at radius 2 is 1.89 bits per heavy atom. The summed E-state index contributed by atoms with van der Waals surface area (Å²) in [7, 11) is 0. The summed E-state index contributed by atoms with van der Waals surface area (Å²) in [5.41, 5.74) is 1.38. The second-order valence-electron chi connectivity index (χ2n) is 7.29. The molecule has 140 valence electrons. The van der Waals surface area contributed by atoms with Crippen molar-refractivity contribution in [1.29, 1.82) is 0 Å². The van der Waals surface area contributed by atoms with E-state index in [1.807, 2.05) is 52.0 Å². The van der Waals surface area contributed by atoms with Crippen LogP contribution in [0.15, 0.2) is 42.6 Å². The molecule has 0 aliphatic rings. The average Bonchev–Trinajstić information content (AvgIpc) is 2.92. The standard InChI is InChI=1S/C20H21FN4O2/c1-12-8-5-6-10-14(12)25-18(15(21)17(24-25)20(2,3)4)23-13-9-7-11-22-16(13)19(26)27/h5-11,23H,1-4H3,(H,26,27). The van der Waals surface area contributed by atoms with E-state index < -0.39 is 17.2 Å². The van der Waals surface area contributed by atoms with Gasteiger partial charge in [-0.1, -0.05) is 39.0 Å². The molecule has 0 unspecified atom stereocenters. The fourth-order valence-corrected chi connectivity index (χ4v) is 2.77. The second kappa shape index (κ2) is 6.83. The van der Waals surface area contributed by atoms with Gasteiger partial charge in [-0.15, -0.1) is 0 Å². The number of aromatic carboxylic acids is 1. The molecule has 2 aromatic heterocycles. The Morgan fingerprint density at radius 3 is 2.52 bits per heavy atom. The molecule has 0 aliphatic carbocycles. The van der Waals surface area contributed by atoms with Crippen LogP contribution >= 0.6 is 0 Å². The molecule has 0 saturated heterocycles. The molecule has 1 aromatic carbocycles. The Kier molecular flexibility index (Phi) is 4.70. The number of aryl methyl sites for hydroxylation is 1. The molecule has 0 amide bonds. The molecule has 7 heteroatoms. The average molecular weight is 368 g/mol. The lowest BCUT2D eigenvalue weighted by Gasteiger charge is -2.14. The molecular weight excluding hydrogens is 347 g/mol. The fourth-order valence-electron chi connectivity index (χ4n) is 2.77. The molecule has 0 radical (unpaired) electrons. The summed E-state index contributed by atoms with van der Waals surface area (Å²) in [6.45, 7) is 7.52. The number of para-hydroxylation sites is 1. The third kappa shape index (κ3) is 3.53. The summed E-state index contributed by atoms with van der Waals surface area (Å²) in [6, 6.07) is 10.6. The Balaban J connectivity index is 2.22. The van der Waals surface area contributed by atoms with Crippen molar-refractivity contribution in [1.82, 2.24) is 14.8 Å². The van der Waals surface area contributed by atoms with Crippen LogP contribution in [0.4, 0.5) is 15.9 Å². The van der Waals surface area contributed by atoms with Crippen molar-refractivity contribution in [2.24, 2.45) is 0 Å². The van der Waals surface area contributed by atoms with Gasteiger partial charge in [0.2, 0.25) is 0 Å². The van der Waals surface area contributed by atoms with Crippen LogP contribution in [0.25, 0.3) is 5.69 Å². The highest BCUT2D eigenvalue weighted by Crippen LogP contribution is 2.33. The smallest absolute Gasteiger partial charge is 0.356 e. The number of nitrogens with zero attached hydrogens (tertiary/aromatic N) is 3. The Morgan fingerprint density at radius 1 is 1.19 bits per heavy atom. The van der Waals surface area contributed by atoms with Crippen LogP contribution in [0, 0.1) is 12.7 Å². The van der Waals surface area contributed by atoms with Crippen LogP contribution < -0.4 is 5.32 Å². The number of nitrogens with one attached hydrogen (secondary N) is 1. The molecule has 6 nitrogen and oxygen atoms in total. The Bertz CT molecular complexity index is 1010. The van der Waals surface area contributed by atoms with E-state index in [1.54, 1.807) is 12.1 Å². The summed E-state index contributed by atoms with van der Waals surface area (Å²) >= 11 is 0. The van der Waals surface area contributed by atoms with Gasteiger partial charge in [-0.3, -0.25) is 0 Å². The maximum absolute atomic E-state index is 15.3. The topological polar surface area (TPSA) is 80.0 Å². The lowest BCUT2D eigenvalue weighted by Crippen LogP contribution is -2.14.